The lowest BCUT2D eigenvalue weighted by Gasteiger charge is -2.25. The van der Waals surface area contributed by atoms with E-state index in [4.69, 9.17) is 0 Å². The second-order valence-electron chi connectivity index (χ2n) is 5.09. The summed E-state index contributed by atoms with van der Waals surface area (Å²) in [5.41, 5.74) is 0. The number of carbonyl (C=O) groups is 1. The maximum Gasteiger partial charge on any atom is 0.244 e. The van der Waals surface area contributed by atoms with Crippen molar-refractivity contribution in [1.82, 2.24) is 25.2 Å². The molecule has 2 rings (SSSR count). The van der Waals surface area contributed by atoms with Crippen molar-refractivity contribution in [3.05, 3.63) is 12.4 Å². The van der Waals surface area contributed by atoms with Crippen molar-refractivity contribution in [2.75, 3.05) is 19.6 Å². The van der Waals surface area contributed by atoms with Crippen LogP contribution in [0.2, 0.25) is 0 Å². The first kappa shape index (κ1) is 14.0. The Morgan fingerprint density at radius 2 is 2.47 bits per heavy atom. The summed E-state index contributed by atoms with van der Waals surface area (Å²) < 4.78 is 1.59. The van der Waals surface area contributed by atoms with Gasteiger partial charge in [-0.05, 0) is 25.8 Å². The van der Waals surface area contributed by atoms with Crippen molar-refractivity contribution < 1.29 is 4.79 Å². The highest BCUT2D eigenvalue weighted by atomic mass is 16.2. The highest BCUT2D eigenvalue weighted by molar-refractivity contribution is 5.75. The number of nitrogens with zero attached hydrogens (tertiary/aromatic N) is 4. The average Bonchev–Trinajstić information content (AvgIpc) is 3.07. The fraction of sp³-hybridized carbons (Fsp3) is 0.769. The van der Waals surface area contributed by atoms with E-state index in [0.717, 1.165) is 32.5 Å². The van der Waals surface area contributed by atoms with E-state index in [-0.39, 0.29) is 12.5 Å². The molecule has 19 heavy (non-hydrogen) atoms. The average molecular weight is 265 g/mol. The molecule has 1 aromatic heterocycles. The molecule has 2 heterocycles. The van der Waals surface area contributed by atoms with E-state index in [9.17, 15) is 4.79 Å². The predicted molar refractivity (Wildman–Crippen MR) is 72.5 cm³/mol. The van der Waals surface area contributed by atoms with Gasteiger partial charge in [-0.2, -0.15) is 0 Å². The molecule has 1 amide bonds. The first-order valence-electron chi connectivity index (χ1n) is 7.15. The van der Waals surface area contributed by atoms with Crippen molar-refractivity contribution in [3.63, 3.8) is 0 Å². The molecule has 0 saturated carbocycles. The Bertz CT molecular complexity index is 372. The van der Waals surface area contributed by atoms with Gasteiger partial charge in [-0.15, -0.1) is 5.10 Å². The molecule has 1 unspecified atom stereocenters. The molecule has 0 spiro atoms. The van der Waals surface area contributed by atoms with Gasteiger partial charge in [-0.25, -0.2) is 4.68 Å². The van der Waals surface area contributed by atoms with Crippen LogP contribution in [0, 0.1) is 0 Å². The topological polar surface area (TPSA) is 63.1 Å². The molecule has 0 aliphatic carbocycles. The highest BCUT2D eigenvalue weighted by Gasteiger charge is 2.21. The Balaban J connectivity index is 1.88. The van der Waals surface area contributed by atoms with Crippen LogP contribution in [0.15, 0.2) is 12.4 Å². The van der Waals surface area contributed by atoms with E-state index in [0.29, 0.717) is 6.04 Å². The van der Waals surface area contributed by atoms with E-state index < -0.39 is 0 Å². The molecule has 0 radical (unpaired) electrons. The number of amides is 1. The Kier molecular flexibility index (Phi) is 5.32. The van der Waals surface area contributed by atoms with Gasteiger partial charge in [0.25, 0.3) is 0 Å². The third kappa shape index (κ3) is 4.31. The van der Waals surface area contributed by atoms with Gasteiger partial charge in [0.05, 0.1) is 6.20 Å². The quantitative estimate of drug-likeness (QED) is 0.786. The Morgan fingerprint density at radius 1 is 1.58 bits per heavy atom. The van der Waals surface area contributed by atoms with E-state index in [1.807, 2.05) is 4.90 Å². The third-order valence-electron chi connectivity index (χ3n) is 3.51. The van der Waals surface area contributed by atoms with Crippen LogP contribution in [-0.2, 0) is 11.3 Å². The smallest absolute Gasteiger partial charge is 0.244 e. The van der Waals surface area contributed by atoms with Crippen LogP contribution in [0.25, 0.3) is 0 Å². The normalized spacial score (nSPS) is 18.7. The largest absolute Gasteiger partial charge is 0.340 e. The van der Waals surface area contributed by atoms with E-state index in [1.165, 1.54) is 12.8 Å². The lowest BCUT2D eigenvalue weighted by molar-refractivity contribution is -0.132. The number of carbonyl (C=O) groups excluding carboxylic acids is 1. The molecule has 1 saturated heterocycles. The number of aromatic nitrogens is 3. The number of nitrogens with one attached hydrogen (secondary N) is 1. The molecule has 6 heteroatoms. The molecule has 1 aliphatic heterocycles. The van der Waals surface area contributed by atoms with Crippen LogP contribution in [-0.4, -0.2) is 51.5 Å². The fourth-order valence-corrected chi connectivity index (χ4v) is 2.40. The minimum atomic E-state index is 0.132. The van der Waals surface area contributed by atoms with Crippen molar-refractivity contribution >= 4 is 5.91 Å². The molecule has 1 atom stereocenters. The van der Waals surface area contributed by atoms with Crippen LogP contribution in [0.5, 0.6) is 0 Å². The molecule has 0 bridgehead atoms. The first-order valence-corrected chi connectivity index (χ1v) is 7.15. The maximum atomic E-state index is 12.3. The maximum absolute atomic E-state index is 12.3. The molecule has 1 aromatic rings. The summed E-state index contributed by atoms with van der Waals surface area (Å²) in [6.45, 7) is 5.16. The zero-order valence-electron chi connectivity index (χ0n) is 11.6. The number of rotatable bonds is 7. The van der Waals surface area contributed by atoms with Gasteiger partial charge in [0.1, 0.15) is 6.54 Å². The zero-order chi connectivity index (χ0) is 13.5. The third-order valence-corrected chi connectivity index (χ3v) is 3.51. The van der Waals surface area contributed by atoms with Gasteiger partial charge < -0.3 is 10.2 Å². The monoisotopic (exact) mass is 265 g/mol. The highest BCUT2D eigenvalue weighted by Crippen LogP contribution is 2.08. The zero-order valence-corrected chi connectivity index (χ0v) is 11.6. The fourth-order valence-electron chi connectivity index (χ4n) is 2.40. The molecule has 6 nitrogen and oxygen atoms in total. The summed E-state index contributed by atoms with van der Waals surface area (Å²) in [5, 5.41) is 11.0. The van der Waals surface area contributed by atoms with Crippen molar-refractivity contribution in [2.24, 2.45) is 0 Å². The Labute approximate surface area is 114 Å². The molecule has 1 fully saturated rings. The SMILES string of the molecule is CCCCN(CC1CCCN1)C(=O)Cn1ccnn1. The van der Waals surface area contributed by atoms with Gasteiger partial charge in [0.2, 0.25) is 5.91 Å². The van der Waals surface area contributed by atoms with Crippen LogP contribution >= 0.6 is 0 Å². The second-order valence-corrected chi connectivity index (χ2v) is 5.09. The lowest BCUT2D eigenvalue weighted by Crippen LogP contribution is -2.43. The number of hydrogen-bond acceptors (Lipinski definition) is 4. The van der Waals surface area contributed by atoms with E-state index in [1.54, 1.807) is 17.1 Å². The summed E-state index contributed by atoms with van der Waals surface area (Å²) in [7, 11) is 0. The molecular formula is C13H23N5O. The number of hydrogen-bond donors (Lipinski definition) is 1. The van der Waals surface area contributed by atoms with Gasteiger partial charge in [-0.3, -0.25) is 4.79 Å². The van der Waals surface area contributed by atoms with Crippen LogP contribution in [0.3, 0.4) is 0 Å². The molecule has 1 N–H and O–H groups in total. The molecular weight excluding hydrogens is 242 g/mol. The minimum absolute atomic E-state index is 0.132. The standard InChI is InChI=1S/C13H23N5O/c1-2-3-8-17(10-12-5-4-6-14-12)13(19)11-18-9-7-15-16-18/h7,9,12,14H,2-6,8,10-11H2,1H3. The Hall–Kier alpha value is -1.43. The van der Waals surface area contributed by atoms with Crippen molar-refractivity contribution in [2.45, 2.75) is 45.2 Å². The van der Waals surface area contributed by atoms with Gasteiger partial charge in [0, 0.05) is 25.3 Å². The van der Waals surface area contributed by atoms with E-state index >= 15 is 0 Å². The van der Waals surface area contributed by atoms with Gasteiger partial charge in [0.15, 0.2) is 0 Å². The summed E-state index contributed by atoms with van der Waals surface area (Å²) in [5.74, 6) is 0.132. The molecule has 106 valence electrons. The summed E-state index contributed by atoms with van der Waals surface area (Å²) in [4.78, 5) is 14.3. The second kappa shape index (κ2) is 7.23. The summed E-state index contributed by atoms with van der Waals surface area (Å²) >= 11 is 0. The van der Waals surface area contributed by atoms with Gasteiger partial charge >= 0.3 is 0 Å². The predicted octanol–water partition coefficient (Wildman–Crippen LogP) is 0.659. The van der Waals surface area contributed by atoms with Crippen molar-refractivity contribution in [3.8, 4) is 0 Å². The number of unbranched alkanes of at least 4 members (excludes halogenated alkanes) is 1. The van der Waals surface area contributed by atoms with E-state index in [2.05, 4.69) is 22.6 Å². The van der Waals surface area contributed by atoms with Crippen LogP contribution in [0.1, 0.15) is 32.6 Å². The lowest BCUT2D eigenvalue weighted by atomic mass is 10.2. The van der Waals surface area contributed by atoms with Crippen LogP contribution in [0.4, 0.5) is 0 Å². The van der Waals surface area contributed by atoms with Gasteiger partial charge in [-0.1, -0.05) is 18.6 Å². The molecule has 0 aromatic carbocycles. The summed E-state index contributed by atoms with van der Waals surface area (Å²) in [6, 6.07) is 0.455. The summed E-state index contributed by atoms with van der Waals surface area (Å²) in [6.07, 6.45) is 7.86. The molecule has 1 aliphatic rings. The van der Waals surface area contributed by atoms with Crippen molar-refractivity contribution in [1.29, 1.82) is 0 Å². The van der Waals surface area contributed by atoms with Crippen LogP contribution < -0.4 is 5.32 Å². The minimum Gasteiger partial charge on any atom is -0.340 e. The first-order chi connectivity index (χ1) is 9.29. The Morgan fingerprint density at radius 3 is 3.11 bits per heavy atom.